The molecule has 2 rings (SSSR count). The number of anilines is 1. The fraction of sp³-hybridized carbons (Fsp3) is 0.0714. The second-order valence-corrected chi connectivity index (χ2v) is 4.55. The monoisotopic (exact) mass is 294 g/mol. The Hall–Kier alpha value is -2.27. The molecular formula is C14H12ClFN2O2. The van der Waals surface area contributed by atoms with Gasteiger partial charge in [-0.05, 0) is 30.3 Å². The molecule has 0 atom stereocenters. The minimum atomic E-state index is -0.623. The van der Waals surface area contributed by atoms with Crippen molar-refractivity contribution in [2.75, 3.05) is 5.73 Å². The SMILES string of the molecule is NC(=O)c1ccc(F)c(COc2ccc(N)c(Cl)c2)c1. The third-order valence-corrected chi connectivity index (χ3v) is 3.02. The summed E-state index contributed by atoms with van der Waals surface area (Å²) in [5.74, 6) is -0.647. The van der Waals surface area contributed by atoms with E-state index >= 15 is 0 Å². The summed E-state index contributed by atoms with van der Waals surface area (Å²) in [6, 6.07) is 8.60. The largest absolute Gasteiger partial charge is 0.489 e. The van der Waals surface area contributed by atoms with Crippen LogP contribution in [0.3, 0.4) is 0 Å². The number of amides is 1. The van der Waals surface area contributed by atoms with Gasteiger partial charge < -0.3 is 16.2 Å². The van der Waals surface area contributed by atoms with Gasteiger partial charge in [-0.25, -0.2) is 4.39 Å². The number of primary amides is 1. The molecule has 0 saturated heterocycles. The predicted molar refractivity (Wildman–Crippen MR) is 75.1 cm³/mol. The van der Waals surface area contributed by atoms with E-state index in [4.69, 9.17) is 27.8 Å². The maximum atomic E-state index is 13.6. The Kier molecular flexibility index (Phi) is 4.10. The van der Waals surface area contributed by atoms with Crippen molar-refractivity contribution in [2.45, 2.75) is 6.61 Å². The summed E-state index contributed by atoms with van der Waals surface area (Å²) < 4.78 is 19.0. The summed E-state index contributed by atoms with van der Waals surface area (Å²) >= 11 is 5.85. The van der Waals surface area contributed by atoms with Gasteiger partial charge in [-0.2, -0.15) is 0 Å². The highest BCUT2D eigenvalue weighted by atomic mass is 35.5. The van der Waals surface area contributed by atoms with Gasteiger partial charge in [0.25, 0.3) is 0 Å². The highest BCUT2D eigenvalue weighted by molar-refractivity contribution is 6.33. The minimum Gasteiger partial charge on any atom is -0.489 e. The van der Waals surface area contributed by atoms with Crippen LogP contribution < -0.4 is 16.2 Å². The lowest BCUT2D eigenvalue weighted by Gasteiger charge is -2.09. The summed E-state index contributed by atoms with van der Waals surface area (Å²) in [4.78, 5) is 11.0. The maximum Gasteiger partial charge on any atom is 0.248 e. The van der Waals surface area contributed by atoms with E-state index in [1.165, 1.54) is 24.3 Å². The smallest absolute Gasteiger partial charge is 0.248 e. The average molecular weight is 295 g/mol. The van der Waals surface area contributed by atoms with E-state index in [0.29, 0.717) is 16.5 Å². The summed E-state index contributed by atoms with van der Waals surface area (Å²) in [6.45, 7) is -0.0484. The second kappa shape index (κ2) is 5.79. The van der Waals surface area contributed by atoms with Gasteiger partial charge >= 0.3 is 0 Å². The van der Waals surface area contributed by atoms with Crippen LogP contribution in [0.15, 0.2) is 36.4 Å². The molecule has 6 heteroatoms. The molecule has 0 radical (unpaired) electrons. The van der Waals surface area contributed by atoms with Crippen LogP contribution >= 0.6 is 11.6 Å². The molecule has 4 N–H and O–H groups in total. The molecule has 0 fully saturated rings. The number of hydrogen-bond donors (Lipinski definition) is 2. The Labute approximate surface area is 120 Å². The van der Waals surface area contributed by atoms with E-state index in [1.54, 1.807) is 12.1 Å². The topological polar surface area (TPSA) is 78.3 Å². The molecule has 0 spiro atoms. The van der Waals surface area contributed by atoms with Crippen molar-refractivity contribution in [1.29, 1.82) is 0 Å². The summed E-state index contributed by atoms with van der Waals surface area (Å²) in [7, 11) is 0. The first-order valence-electron chi connectivity index (χ1n) is 5.73. The minimum absolute atomic E-state index is 0.0484. The molecule has 1 amide bonds. The first-order valence-corrected chi connectivity index (χ1v) is 6.11. The molecule has 20 heavy (non-hydrogen) atoms. The Bertz CT molecular complexity index is 662. The van der Waals surface area contributed by atoms with Crippen LogP contribution in [0.25, 0.3) is 0 Å². The fourth-order valence-corrected chi connectivity index (χ4v) is 1.77. The zero-order valence-corrected chi connectivity index (χ0v) is 11.2. The van der Waals surface area contributed by atoms with E-state index in [1.807, 2.05) is 0 Å². The van der Waals surface area contributed by atoms with E-state index in [-0.39, 0.29) is 17.7 Å². The summed E-state index contributed by atoms with van der Waals surface area (Å²) in [5.41, 5.74) is 11.6. The lowest BCUT2D eigenvalue weighted by Crippen LogP contribution is -2.12. The van der Waals surface area contributed by atoms with Crippen LogP contribution in [0, 0.1) is 5.82 Å². The molecule has 0 saturated carbocycles. The van der Waals surface area contributed by atoms with E-state index in [9.17, 15) is 9.18 Å². The molecule has 4 nitrogen and oxygen atoms in total. The van der Waals surface area contributed by atoms with E-state index in [0.717, 1.165) is 0 Å². The molecule has 0 aliphatic rings. The maximum absolute atomic E-state index is 13.6. The highest BCUT2D eigenvalue weighted by Gasteiger charge is 2.08. The van der Waals surface area contributed by atoms with Crippen molar-refractivity contribution in [3.63, 3.8) is 0 Å². The number of benzene rings is 2. The Morgan fingerprint density at radius 2 is 2.00 bits per heavy atom. The van der Waals surface area contributed by atoms with Crippen molar-refractivity contribution < 1.29 is 13.9 Å². The number of halogens is 2. The number of nitrogens with two attached hydrogens (primary N) is 2. The zero-order valence-electron chi connectivity index (χ0n) is 10.4. The molecular weight excluding hydrogens is 283 g/mol. The number of rotatable bonds is 4. The van der Waals surface area contributed by atoms with Gasteiger partial charge in [0.05, 0.1) is 10.7 Å². The number of ether oxygens (including phenoxy) is 1. The zero-order chi connectivity index (χ0) is 14.7. The van der Waals surface area contributed by atoms with Crippen molar-refractivity contribution in [3.05, 3.63) is 58.4 Å². The van der Waals surface area contributed by atoms with Crippen LogP contribution in [0.1, 0.15) is 15.9 Å². The third kappa shape index (κ3) is 3.19. The van der Waals surface area contributed by atoms with Crippen LogP contribution in [-0.4, -0.2) is 5.91 Å². The number of carbonyl (C=O) groups excluding carboxylic acids is 1. The first kappa shape index (κ1) is 14.1. The molecule has 0 aromatic heterocycles. The molecule has 0 aliphatic heterocycles. The third-order valence-electron chi connectivity index (χ3n) is 2.70. The van der Waals surface area contributed by atoms with E-state index in [2.05, 4.69) is 0 Å². The first-order chi connectivity index (χ1) is 9.47. The van der Waals surface area contributed by atoms with Gasteiger partial charge in [0, 0.05) is 17.2 Å². The molecule has 0 heterocycles. The summed E-state index contributed by atoms with van der Waals surface area (Å²) in [5, 5.41) is 0.355. The number of hydrogen-bond acceptors (Lipinski definition) is 3. The molecule has 2 aromatic rings. The quantitative estimate of drug-likeness (QED) is 0.851. The van der Waals surface area contributed by atoms with Gasteiger partial charge in [-0.1, -0.05) is 11.6 Å². The van der Waals surface area contributed by atoms with Crippen molar-refractivity contribution >= 4 is 23.2 Å². The van der Waals surface area contributed by atoms with Crippen molar-refractivity contribution in [1.82, 2.24) is 0 Å². The Morgan fingerprint density at radius 1 is 1.25 bits per heavy atom. The van der Waals surface area contributed by atoms with Gasteiger partial charge in [0.15, 0.2) is 0 Å². The van der Waals surface area contributed by atoms with Crippen molar-refractivity contribution in [2.24, 2.45) is 5.73 Å². The van der Waals surface area contributed by atoms with Crippen LogP contribution in [0.5, 0.6) is 5.75 Å². The second-order valence-electron chi connectivity index (χ2n) is 4.14. The van der Waals surface area contributed by atoms with Crippen LogP contribution in [0.2, 0.25) is 5.02 Å². The van der Waals surface area contributed by atoms with Crippen LogP contribution in [-0.2, 0) is 6.61 Å². The van der Waals surface area contributed by atoms with Crippen LogP contribution in [0.4, 0.5) is 10.1 Å². The van der Waals surface area contributed by atoms with E-state index < -0.39 is 11.7 Å². The van der Waals surface area contributed by atoms with Gasteiger partial charge in [0.1, 0.15) is 18.2 Å². The van der Waals surface area contributed by atoms with Gasteiger partial charge in [-0.3, -0.25) is 4.79 Å². The Balaban J connectivity index is 2.15. The van der Waals surface area contributed by atoms with Crippen molar-refractivity contribution in [3.8, 4) is 5.75 Å². The average Bonchev–Trinajstić information content (AvgIpc) is 2.41. The molecule has 0 bridgehead atoms. The molecule has 104 valence electrons. The lowest BCUT2D eigenvalue weighted by atomic mass is 10.1. The number of carbonyl (C=O) groups is 1. The fourth-order valence-electron chi connectivity index (χ4n) is 1.60. The normalized spacial score (nSPS) is 10.3. The summed E-state index contributed by atoms with van der Waals surface area (Å²) in [6.07, 6.45) is 0. The standard InChI is InChI=1S/C14H12ClFN2O2/c15-11-6-10(2-4-13(11)17)20-7-9-5-8(14(18)19)1-3-12(9)16/h1-6H,7,17H2,(H2,18,19). The predicted octanol–water partition coefficient (Wildman–Crippen LogP) is 2.74. The Morgan fingerprint density at radius 3 is 2.65 bits per heavy atom. The van der Waals surface area contributed by atoms with Gasteiger partial charge in [0.2, 0.25) is 5.91 Å². The lowest BCUT2D eigenvalue weighted by molar-refractivity contribution is 0.1000. The molecule has 0 aliphatic carbocycles. The highest BCUT2D eigenvalue weighted by Crippen LogP contribution is 2.25. The molecule has 0 unspecified atom stereocenters. The number of nitrogen functional groups attached to an aromatic ring is 1. The van der Waals surface area contributed by atoms with Gasteiger partial charge in [-0.15, -0.1) is 0 Å². The molecule has 2 aromatic carbocycles.